The SMILES string of the molecule is Cc1c(C(F)F)ncc(CO)c1I. The smallest absolute Gasteiger partial charge is 0.280 e. The molecule has 0 spiro atoms. The van der Waals surface area contributed by atoms with Crippen molar-refractivity contribution in [1.29, 1.82) is 0 Å². The maximum Gasteiger partial charge on any atom is 0.280 e. The number of nitrogens with zero attached hydrogens (tertiary/aromatic N) is 1. The number of hydrogen-bond donors (Lipinski definition) is 1. The minimum absolute atomic E-state index is 0.171. The van der Waals surface area contributed by atoms with Gasteiger partial charge in [-0.3, -0.25) is 4.98 Å². The summed E-state index contributed by atoms with van der Waals surface area (Å²) in [4.78, 5) is 3.59. The van der Waals surface area contributed by atoms with E-state index in [2.05, 4.69) is 4.98 Å². The van der Waals surface area contributed by atoms with Crippen molar-refractivity contribution < 1.29 is 13.9 Å². The quantitative estimate of drug-likeness (QED) is 0.851. The van der Waals surface area contributed by atoms with Crippen molar-refractivity contribution in [2.45, 2.75) is 20.0 Å². The molecule has 72 valence electrons. The van der Waals surface area contributed by atoms with E-state index >= 15 is 0 Å². The largest absolute Gasteiger partial charge is 0.392 e. The van der Waals surface area contributed by atoms with Crippen LogP contribution in [0.1, 0.15) is 23.2 Å². The molecular formula is C8H8F2INO. The molecule has 0 bridgehead atoms. The lowest BCUT2D eigenvalue weighted by atomic mass is 10.1. The summed E-state index contributed by atoms with van der Waals surface area (Å²) < 4.78 is 25.3. The van der Waals surface area contributed by atoms with Gasteiger partial charge in [0.2, 0.25) is 0 Å². The van der Waals surface area contributed by atoms with Gasteiger partial charge in [0.15, 0.2) is 0 Å². The first-order valence-electron chi connectivity index (χ1n) is 3.60. The fourth-order valence-corrected chi connectivity index (χ4v) is 1.57. The molecular weight excluding hydrogens is 291 g/mol. The lowest BCUT2D eigenvalue weighted by molar-refractivity contribution is 0.145. The fraction of sp³-hybridized carbons (Fsp3) is 0.375. The monoisotopic (exact) mass is 299 g/mol. The highest BCUT2D eigenvalue weighted by atomic mass is 127. The summed E-state index contributed by atoms with van der Waals surface area (Å²) in [6.45, 7) is 1.41. The van der Waals surface area contributed by atoms with Gasteiger partial charge in [-0.1, -0.05) is 0 Å². The first kappa shape index (κ1) is 10.8. The van der Waals surface area contributed by atoms with Gasteiger partial charge < -0.3 is 5.11 Å². The molecule has 0 atom stereocenters. The third-order valence-corrected chi connectivity index (χ3v) is 3.23. The van der Waals surface area contributed by atoms with Crippen molar-refractivity contribution in [2.75, 3.05) is 0 Å². The summed E-state index contributed by atoms with van der Waals surface area (Å²) in [5, 5.41) is 8.84. The van der Waals surface area contributed by atoms with Gasteiger partial charge in [0.25, 0.3) is 6.43 Å². The Kier molecular flexibility index (Phi) is 3.55. The molecule has 0 radical (unpaired) electrons. The molecule has 0 aliphatic rings. The highest BCUT2D eigenvalue weighted by molar-refractivity contribution is 14.1. The first-order valence-corrected chi connectivity index (χ1v) is 4.68. The third kappa shape index (κ3) is 2.14. The summed E-state index contributed by atoms with van der Waals surface area (Å²) >= 11 is 1.93. The van der Waals surface area contributed by atoms with E-state index < -0.39 is 6.43 Å². The van der Waals surface area contributed by atoms with Crippen molar-refractivity contribution in [3.8, 4) is 0 Å². The van der Waals surface area contributed by atoms with Crippen molar-refractivity contribution in [3.05, 3.63) is 26.6 Å². The van der Waals surface area contributed by atoms with E-state index in [1.54, 1.807) is 6.92 Å². The molecule has 13 heavy (non-hydrogen) atoms. The molecule has 0 saturated carbocycles. The molecule has 0 unspecified atom stereocenters. The number of aliphatic hydroxyl groups is 1. The summed E-state index contributed by atoms with van der Waals surface area (Å²) in [5.74, 6) is 0. The van der Waals surface area contributed by atoms with Crippen molar-refractivity contribution in [2.24, 2.45) is 0 Å². The van der Waals surface area contributed by atoms with E-state index in [9.17, 15) is 8.78 Å². The van der Waals surface area contributed by atoms with Crippen LogP contribution in [0.15, 0.2) is 6.20 Å². The third-order valence-electron chi connectivity index (χ3n) is 1.73. The topological polar surface area (TPSA) is 33.1 Å². The van der Waals surface area contributed by atoms with Crippen LogP contribution in [-0.4, -0.2) is 10.1 Å². The number of alkyl halides is 2. The van der Waals surface area contributed by atoms with E-state index in [1.807, 2.05) is 22.6 Å². The normalized spacial score (nSPS) is 10.9. The Balaban J connectivity index is 3.23. The Hall–Kier alpha value is -0.300. The van der Waals surface area contributed by atoms with Crippen LogP contribution in [0, 0.1) is 10.5 Å². The van der Waals surface area contributed by atoms with Crippen molar-refractivity contribution >= 4 is 22.6 Å². The van der Waals surface area contributed by atoms with Crippen LogP contribution >= 0.6 is 22.6 Å². The van der Waals surface area contributed by atoms with Crippen LogP contribution in [0.2, 0.25) is 0 Å². The molecule has 0 amide bonds. The summed E-state index contributed by atoms with van der Waals surface area (Å²) in [6, 6.07) is 0. The van der Waals surface area contributed by atoms with Crippen LogP contribution in [-0.2, 0) is 6.61 Å². The Labute approximate surface area is 88.1 Å². The predicted octanol–water partition coefficient (Wildman–Crippen LogP) is 2.42. The molecule has 1 aromatic rings. The maximum atomic E-state index is 12.3. The van der Waals surface area contributed by atoms with Crippen LogP contribution in [0.25, 0.3) is 0 Å². The molecule has 0 aliphatic heterocycles. The van der Waals surface area contributed by atoms with E-state index in [0.717, 1.165) is 0 Å². The van der Waals surface area contributed by atoms with Crippen LogP contribution < -0.4 is 0 Å². The van der Waals surface area contributed by atoms with E-state index in [0.29, 0.717) is 14.7 Å². The molecule has 0 fully saturated rings. The average molecular weight is 299 g/mol. The van der Waals surface area contributed by atoms with Crippen molar-refractivity contribution in [1.82, 2.24) is 4.98 Å². The molecule has 0 saturated heterocycles. The van der Waals surface area contributed by atoms with Crippen LogP contribution in [0.4, 0.5) is 8.78 Å². The van der Waals surface area contributed by atoms with Gasteiger partial charge in [0, 0.05) is 15.3 Å². The fourth-order valence-electron chi connectivity index (χ4n) is 0.984. The zero-order valence-corrected chi connectivity index (χ0v) is 9.05. The van der Waals surface area contributed by atoms with Gasteiger partial charge in [-0.25, -0.2) is 8.78 Å². The second-order valence-electron chi connectivity index (χ2n) is 2.57. The number of pyridine rings is 1. The molecule has 2 nitrogen and oxygen atoms in total. The van der Waals surface area contributed by atoms with E-state index in [4.69, 9.17) is 5.11 Å². The lowest BCUT2D eigenvalue weighted by Crippen LogP contribution is -2.01. The zero-order chi connectivity index (χ0) is 10.0. The molecule has 1 N–H and O–H groups in total. The number of rotatable bonds is 2. The molecule has 0 aromatic carbocycles. The van der Waals surface area contributed by atoms with Crippen molar-refractivity contribution in [3.63, 3.8) is 0 Å². The molecule has 1 heterocycles. The summed E-state index contributed by atoms with van der Waals surface area (Å²) in [7, 11) is 0. The van der Waals surface area contributed by atoms with Gasteiger partial charge in [-0.15, -0.1) is 0 Å². The molecule has 1 aromatic heterocycles. The first-order chi connectivity index (χ1) is 6.07. The Morgan fingerprint density at radius 1 is 1.62 bits per heavy atom. The second-order valence-corrected chi connectivity index (χ2v) is 3.65. The van der Waals surface area contributed by atoms with Crippen LogP contribution in [0.3, 0.4) is 0 Å². The molecule has 1 rings (SSSR count). The minimum Gasteiger partial charge on any atom is -0.392 e. The Morgan fingerprint density at radius 3 is 2.69 bits per heavy atom. The summed E-state index contributed by atoms with van der Waals surface area (Å²) in [5.41, 5.74) is 0.825. The standard InChI is InChI=1S/C8H8F2INO/c1-4-6(11)5(3-13)2-12-7(4)8(9)10/h2,8,13H,3H2,1H3. The lowest BCUT2D eigenvalue weighted by Gasteiger charge is -2.08. The number of aromatic nitrogens is 1. The van der Waals surface area contributed by atoms with Gasteiger partial charge in [0.1, 0.15) is 5.69 Å². The Bertz CT molecular complexity index is 317. The van der Waals surface area contributed by atoms with Crippen LogP contribution in [0.5, 0.6) is 0 Å². The second kappa shape index (κ2) is 4.28. The van der Waals surface area contributed by atoms with E-state index in [-0.39, 0.29) is 12.3 Å². The van der Waals surface area contributed by atoms with Gasteiger partial charge in [0.05, 0.1) is 6.61 Å². The zero-order valence-electron chi connectivity index (χ0n) is 6.89. The number of hydrogen-bond acceptors (Lipinski definition) is 2. The van der Waals surface area contributed by atoms with E-state index in [1.165, 1.54) is 6.20 Å². The predicted molar refractivity (Wildman–Crippen MR) is 52.6 cm³/mol. The number of halogens is 3. The van der Waals surface area contributed by atoms with Gasteiger partial charge >= 0.3 is 0 Å². The molecule has 5 heteroatoms. The van der Waals surface area contributed by atoms with Gasteiger partial charge in [-0.2, -0.15) is 0 Å². The highest BCUT2D eigenvalue weighted by Crippen LogP contribution is 2.25. The summed E-state index contributed by atoms with van der Waals surface area (Å²) in [6.07, 6.45) is -1.27. The highest BCUT2D eigenvalue weighted by Gasteiger charge is 2.15. The maximum absolute atomic E-state index is 12.3. The minimum atomic E-state index is -2.55. The Morgan fingerprint density at radius 2 is 2.23 bits per heavy atom. The molecule has 0 aliphatic carbocycles. The average Bonchev–Trinajstić information content (AvgIpc) is 2.09. The van der Waals surface area contributed by atoms with Gasteiger partial charge in [-0.05, 0) is 35.1 Å². The number of aliphatic hydroxyl groups excluding tert-OH is 1.